The quantitative estimate of drug-likeness (QED) is 0.514. The molecule has 31 heavy (non-hydrogen) atoms. The average molecular weight is 440 g/mol. The molecule has 170 valence electrons. The number of rotatable bonds is 6. The largest absolute Gasteiger partial charge is 0.424 e. The van der Waals surface area contributed by atoms with Gasteiger partial charge in [-0.15, -0.1) is 0 Å². The van der Waals surface area contributed by atoms with Crippen molar-refractivity contribution in [1.29, 1.82) is 0 Å². The van der Waals surface area contributed by atoms with Gasteiger partial charge in [0, 0.05) is 77.5 Å². The standard InChI is InChI=1S/C19H27F3N8O/c1-3-23-16(29-11-13-30(14-12-29)17-25-6-4-7-26-17)27-8-5-18(31,19(20,21)22)15-24-9-10-28(15)2/h4,6-7,9-10,31H,3,5,8,11-14H2,1-2H3,(H,23,27). The van der Waals surface area contributed by atoms with E-state index in [9.17, 15) is 18.3 Å². The summed E-state index contributed by atoms with van der Waals surface area (Å²) in [6.07, 6.45) is 0.466. The van der Waals surface area contributed by atoms with Gasteiger partial charge in [0.1, 0.15) is 5.82 Å². The molecule has 1 fully saturated rings. The maximum absolute atomic E-state index is 13.7. The van der Waals surface area contributed by atoms with Crippen LogP contribution in [0, 0.1) is 0 Å². The van der Waals surface area contributed by atoms with Crippen LogP contribution >= 0.6 is 0 Å². The molecule has 0 aliphatic carbocycles. The molecule has 1 aliphatic rings. The predicted molar refractivity (Wildman–Crippen MR) is 110 cm³/mol. The molecule has 0 amide bonds. The highest BCUT2D eigenvalue weighted by atomic mass is 19.4. The predicted octanol–water partition coefficient (Wildman–Crippen LogP) is 1.14. The highest BCUT2D eigenvalue weighted by Gasteiger charge is 2.57. The van der Waals surface area contributed by atoms with Crippen LogP contribution in [0.4, 0.5) is 19.1 Å². The number of piperazine rings is 1. The number of aryl methyl sites for hydroxylation is 1. The van der Waals surface area contributed by atoms with E-state index < -0.39 is 24.0 Å². The van der Waals surface area contributed by atoms with Gasteiger partial charge in [0.15, 0.2) is 5.96 Å². The molecule has 9 nitrogen and oxygen atoms in total. The van der Waals surface area contributed by atoms with Crippen LogP contribution in [0.25, 0.3) is 0 Å². The van der Waals surface area contributed by atoms with Crippen LogP contribution in [0.1, 0.15) is 19.2 Å². The smallest absolute Gasteiger partial charge is 0.374 e. The lowest BCUT2D eigenvalue weighted by Crippen LogP contribution is -2.53. The van der Waals surface area contributed by atoms with E-state index in [1.54, 1.807) is 18.5 Å². The van der Waals surface area contributed by atoms with E-state index in [2.05, 4.69) is 25.3 Å². The summed E-state index contributed by atoms with van der Waals surface area (Å²) in [5.41, 5.74) is -3.07. The molecule has 0 spiro atoms. The zero-order chi connectivity index (χ0) is 22.5. The second-order valence-corrected chi connectivity index (χ2v) is 7.23. The van der Waals surface area contributed by atoms with Gasteiger partial charge in [-0.1, -0.05) is 0 Å². The van der Waals surface area contributed by atoms with Crippen LogP contribution in [0.3, 0.4) is 0 Å². The molecule has 0 radical (unpaired) electrons. The van der Waals surface area contributed by atoms with Gasteiger partial charge in [-0.05, 0) is 13.0 Å². The number of aliphatic hydroxyl groups is 1. The molecule has 3 heterocycles. The van der Waals surface area contributed by atoms with Crippen LogP contribution in [-0.2, 0) is 12.6 Å². The topological polar surface area (TPSA) is 94.7 Å². The fourth-order valence-electron chi connectivity index (χ4n) is 3.47. The van der Waals surface area contributed by atoms with Crippen molar-refractivity contribution in [2.75, 3.05) is 44.2 Å². The summed E-state index contributed by atoms with van der Waals surface area (Å²) < 4.78 is 42.2. The molecule has 0 saturated carbocycles. The van der Waals surface area contributed by atoms with Crippen molar-refractivity contribution < 1.29 is 18.3 Å². The maximum atomic E-state index is 13.7. The number of guanidine groups is 1. The third-order valence-electron chi connectivity index (χ3n) is 5.14. The number of aliphatic imine (C=N–C) groups is 1. The molecule has 1 unspecified atom stereocenters. The van der Waals surface area contributed by atoms with Crippen molar-refractivity contribution in [2.24, 2.45) is 12.0 Å². The second-order valence-electron chi connectivity index (χ2n) is 7.23. The molecular formula is C19H27F3N8O. The van der Waals surface area contributed by atoms with Crippen molar-refractivity contribution in [3.8, 4) is 0 Å². The van der Waals surface area contributed by atoms with E-state index >= 15 is 0 Å². The summed E-state index contributed by atoms with van der Waals surface area (Å²) in [4.78, 5) is 20.6. The zero-order valence-electron chi connectivity index (χ0n) is 17.5. The Morgan fingerprint density at radius 3 is 2.35 bits per heavy atom. The number of nitrogens with zero attached hydrogens (tertiary/aromatic N) is 7. The summed E-state index contributed by atoms with van der Waals surface area (Å²) in [5, 5.41) is 13.6. The zero-order valence-corrected chi connectivity index (χ0v) is 17.5. The average Bonchev–Trinajstić information content (AvgIpc) is 3.19. The van der Waals surface area contributed by atoms with Gasteiger partial charge in [0.2, 0.25) is 11.5 Å². The maximum Gasteiger partial charge on any atom is 0.424 e. The van der Waals surface area contributed by atoms with Crippen molar-refractivity contribution in [3.05, 3.63) is 36.7 Å². The Kier molecular flexibility index (Phi) is 6.98. The first kappa shape index (κ1) is 22.8. The first-order valence-corrected chi connectivity index (χ1v) is 10.1. The van der Waals surface area contributed by atoms with Gasteiger partial charge >= 0.3 is 6.18 Å². The minimum absolute atomic E-state index is 0.215. The van der Waals surface area contributed by atoms with Gasteiger partial charge in [0.25, 0.3) is 0 Å². The van der Waals surface area contributed by atoms with E-state index in [-0.39, 0.29) is 6.54 Å². The number of halogens is 3. The summed E-state index contributed by atoms with van der Waals surface area (Å²) in [6, 6.07) is 1.75. The summed E-state index contributed by atoms with van der Waals surface area (Å²) in [7, 11) is 1.42. The second kappa shape index (κ2) is 9.50. The van der Waals surface area contributed by atoms with Gasteiger partial charge in [-0.3, -0.25) is 4.99 Å². The SMILES string of the molecule is CCNC(=NCCC(O)(c1nccn1C)C(F)(F)F)N1CCN(c2ncccn2)CC1. The minimum Gasteiger partial charge on any atom is -0.374 e. The fraction of sp³-hybridized carbons (Fsp3) is 0.579. The van der Waals surface area contributed by atoms with Gasteiger partial charge in [0.05, 0.1) is 0 Å². The molecule has 1 saturated heterocycles. The van der Waals surface area contributed by atoms with Crippen molar-refractivity contribution >= 4 is 11.9 Å². The van der Waals surface area contributed by atoms with Crippen molar-refractivity contribution in [3.63, 3.8) is 0 Å². The van der Waals surface area contributed by atoms with E-state index in [4.69, 9.17) is 0 Å². The van der Waals surface area contributed by atoms with Crippen LogP contribution in [0.5, 0.6) is 0 Å². The Hall–Kier alpha value is -2.89. The van der Waals surface area contributed by atoms with Gasteiger partial charge in [-0.25, -0.2) is 15.0 Å². The number of alkyl halides is 3. The lowest BCUT2D eigenvalue weighted by atomic mass is 9.98. The van der Waals surface area contributed by atoms with Crippen molar-refractivity contribution in [1.82, 2.24) is 29.7 Å². The van der Waals surface area contributed by atoms with Gasteiger partial charge < -0.3 is 24.8 Å². The molecular weight excluding hydrogens is 413 g/mol. The fourth-order valence-corrected chi connectivity index (χ4v) is 3.47. The Bertz CT molecular complexity index is 865. The summed E-state index contributed by atoms with van der Waals surface area (Å²) >= 11 is 0. The summed E-state index contributed by atoms with van der Waals surface area (Å²) in [6.45, 7) is 4.81. The third-order valence-corrected chi connectivity index (χ3v) is 5.14. The number of hydrogen-bond acceptors (Lipinski definition) is 6. The third kappa shape index (κ3) is 5.06. The van der Waals surface area contributed by atoms with Crippen LogP contribution in [0.15, 0.2) is 35.8 Å². The Labute approximate surface area is 178 Å². The normalized spacial score (nSPS) is 17.5. The number of imidazole rings is 1. The first-order valence-electron chi connectivity index (χ1n) is 10.1. The Balaban J connectivity index is 1.67. The molecule has 1 aliphatic heterocycles. The van der Waals surface area contributed by atoms with Crippen LogP contribution in [0.2, 0.25) is 0 Å². The molecule has 12 heteroatoms. The number of nitrogens with one attached hydrogen (secondary N) is 1. The molecule has 0 aromatic carbocycles. The molecule has 2 N–H and O–H groups in total. The van der Waals surface area contributed by atoms with E-state index in [0.717, 1.165) is 0 Å². The Morgan fingerprint density at radius 2 is 1.81 bits per heavy atom. The molecule has 0 bridgehead atoms. The van der Waals surface area contributed by atoms with Crippen LogP contribution in [-0.4, -0.2) is 80.9 Å². The molecule has 2 aromatic heterocycles. The minimum atomic E-state index is -4.87. The lowest BCUT2D eigenvalue weighted by molar-refractivity contribution is -0.272. The monoisotopic (exact) mass is 440 g/mol. The van der Waals surface area contributed by atoms with E-state index in [1.165, 1.54) is 24.0 Å². The van der Waals surface area contributed by atoms with Crippen LogP contribution < -0.4 is 10.2 Å². The highest BCUT2D eigenvalue weighted by molar-refractivity contribution is 5.80. The Morgan fingerprint density at radius 1 is 1.13 bits per heavy atom. The van der Waals surface area contributed by atoms with Crippen molar-refractivity contribution in [2.45, 2.75) is 25.1 Å². The highest BCUT2D eigenvalue weighted by Crippen LogP contribution is 2.40. The number of anilines is 1. The van der Waals surface area contributed by atoms with Gasteiger partial charge in [-0.2, -0.15) is 13.2 Å². The first-order chi connectivity index (χ1) is 14.8. The number of aromatic nitrogens is 4. The summed E-state index contributed by atoms with van der Waals surface area (Å²) in [5.74, 6) is 0.714. The molecule has 2 aromatic rings. The van der Waals surface area contributed by atoms with E-state index in [0.29, 0.717) is 44.6 Å². The lowest BCUT2D eigenvalue weighted by Gasteiger charge is -2.36. The number of hydrogen-bond donors (Lipinski definition) is 2. The molecule has 1 atom stereocenters. The van der Waals surface area contributed by atoms with E-state index in [1.807, 2.05) is 16.7 Å². The molecule has 3 rings (SSSR count).